The van der Waals surface area contributed by atoms with Crippen molar-refractivity contribution in [1.29, 1.82) is 0 Å². The van der Waals surface area contributed by atoms with Crippen molar-refractivity contribution in [3.05, 3.63) is 34.5 Å². The van der Waals surface area contributed by atoms with Gasteiger partial charge in [-0.1, -0.05) is 31.4 Å². The second-order valence-electron chi connectivity index (χ2n) is 6.65. The van der Waals surface area contributed by atoms with Crippen LogP contribution in [-0.2, 0) is 11.4 Å². The second kappa shape index (κ2) is 9.43. The molecule has 9 heteroatoms. The lowest BCUT2D eigenvalue weighted by molar-refractivity contribution is 0.185. The van der Waals surface area contributed by atoms with Gasteiger partial charge in [-0.05, 0) is 26.4 Å². The fourth-order valence-electron chi connectivity index (χ4n) is 3.43. The summed E-state index contributed by atoms with van der Waals surface area (Å²) in [6, 6.07) is 3.38. The van der Waals surface area contributed by atoms with Crippen LogP contribution >= 0.6 is 22.9 Å². The van der Waals surface area contributed by atoms with Crippen molar-refractivity contribution in [3.63, 3.8) is 0 Å². The van der Waals surface area contributed by atoms with Gasteiger partial charge in [-0.3, -0.25) is 0 Å². The first-order valence-corrected chi connectivity index (χ1v) is 11.4. The normalized spacial score (nSPS) is 21.3. The number of rotatable bonds is 7. The molecule has 0 saturated heterocycles. The number of nitrogens with zero attached hydrogens (tertiary/aromatic N) is 2. The van der Waals surface area contributed by atoms with Gasteiger partial charge in [0, 0.05) is 35.8 Å². The van der Waals surface area contributed by atoms with E-state index in [0.717, 1.165) is 25.8 Å². The number of hydrogen-bond acceptors (Lipinski definition) is 6. The summed E-state index contributed by atoms with van der Waals surface area (Å²) in [7, 11) is 2.11. The van der Waals surface area contributed by atoms with Crippen LogP contribution < -0.4 is 10.0 Å². The molecule has 0 spiro atoms. The van der Waals surface area contributed by atoms with E-state index in [0.29, 0.717) is 21.9 Å². The Balaban J connectivity index is 1.75. The average Bonchev–Trinajstić information content (AvgIpc) is 3.17. The summed E-state index contributed by atoms with van der Waals surface area (Å²) >= 11 is 5.93. The number of benzene rings is 1. The van der Waals surface area contributed by atoms with E-state index in [-0.39, 0.29) is 10.9 Å². The van der Waals surface area contributed by atoms with Gasteiger partial charge in [-0.15, -0.1) is 11.3 Å². The molecule has 148 valence electrons. The molecular formula is C18H24ClFN4OS2. The Labute approximate surface area is 171 Å². The summed E-state index contributed by atoms with van der Waals surface area (Å²) in [5.41, 5.74) is 0.547. The highest BCUT2D eigenvalue weighted by atomic mass is 35.5. The third-order valence-electron chi connectivity index (χ3n) is 4.97. The summed E-state index contributed by atoms with van der Waals surface area (Å²) in [5, 5.41) is 6.01. The monoisotopic (exact) mass is 430 g/mol. The molecule has 27 heavy (non-hydrogen) atoms. The predicted octanol–water partition coefficient (Wildman–Crippen LogP) is 4.75. The molecule has 0 bridgehead atoms. The predicted molar refractivity (Wildman–Crippen MR) is 112 cm³/mol. The quantitative estimate of drug-likeness (QED) is 0.621. The van der Waals surface area contributed by atoms with Gasteiger partial charge in [0.25, 0.3) is 0 Å². The molecule has 0 radical (unpaired) electrons. The lowest BCUT2D eigenvalue weighted by atomic mass is 9.89. The Morgan fingerprint density at radius 1 is 1.41 bits per heavy atom. The topological polar surface area (TPSA) is 63.2 Å². The molecular weight excluding hydrogens is 407 g/mol. The molecule has 3 atom stereocenters. The van der Waals surface area contributed by atoms with Crippen LogP contribution in [-0.4, -0.2) is 40.1 Å². The highest BCUT2D eigenvalue weighted by Crippen LogP contribution is 2.32. The van der Waals surface area contributed by atoms with E-state index in [4.69, 9.17) is 11.6 Å². The van der Waals surface area contributed by atoms with Gasteiger partial charge >= 0.3 is 0 Å². The lowest BCUT2D eigenvalue weighted by Crippen LogP contribution is -2.47. The number of aromatic nitrogens is 1. The van der Waals surface area contributed by atoms with Crippen molar-refractivity contribution in [2.75, 3.05) is 23.6 Å². The second-order valence-corrected chi connectivity index (χ2v) is 9.13. The number of likely N-dealkylation sites (N-methyl/N-ethyl adjacent to an activating group) is 1. The third kappa shape index (κ3) is 5.06. The largest absolute Gasteiger partial charge is 0.588 e. The van der Waals surface area contributed by atoms with Crippen LogP contribution in [0.5, 0.6) is 0 Å². The van der Waals surface area contributed by atoms with Crippen molar-refractivity contribution in [3.8, 4) is 0 Å². The Kier molecular flexibility index (Phi) is 7.22. The van der Waals surface area contributed by atoms with Crippen molar-refractivity contribution < 1.29 is 8.94 Å². The zero-order valence-electron chi connectivity index (χ0n) is 15.4. The number of anilines is 2. The van der Waals surface area contributed by atoms with E-state index in [1.807, 2.05) is 0 Å². The molecule has 2 aromatic rings. The zero-order valence-corrected chi connectivity index (χ0v) is 17.8. The molecule has 1 aliphatic carbocycles. The van der Waals surface area contributed by atoms with Gasteiger partial charge in [0.15, 0.2) is 5.82 Å². The molecule has 1 heterocycles. The Morgan fingerprint density at radius 3 is 2.89 bits per heavy atom. The van der Waals surface area contributed by atoms with E-state index in [9.17, 15) is 8.94 Å². The van der Waals surface area contributed by atoms with Crippen LogP contribution in [0.25, 0.3) is 0 Å². The van der Waals surface area contributed by atoms with Crippen LogP contribution in [0.4, 0.5) is 15.2 Å². The number of halogens is 2. The standard InChI is InChI=1S/C18H24ClFN4OS2/c1-3-24(2)16-7-5-4-6-14(16)22-15-11-13(20)17(10-12(15)19)27(25)23-18-21-8-9-26-18/h8-11,14,16,22H,3-7H2,1-2H3,(H,21,23)/t14-,16-,27?/m0/s1. The highest BCUT2D eigenvalue weighted by molar-refractivity contribution is 7.93. The first kappa shape index (κ1) is 20.7. The minimum atomic E-state index is -1.76. The van der Waals surface area contributed by atoms with Crippen molar-refractivity contribution in [2.24, 2.45) is 0 Å². The lowest BCUT2D eigenvalue weighted by Gasteiger charge is -2.38. The maximum atomic E-state index is 14.6. The molecule has 1 aromatic carbocycles. The van der Waals surface area contributed by atoms with Gasteiger partial charge in [0.1, 0.15) is 11.4 Å². The maximum Gasteiger partial charge on any atom is 0.226 e. The smallest absolute Gasteiger partial charge is 0.226 e. The van der Waals surface area contributed by atoms with Gasteiger partial charge in [0.2, 0.25) is 10.0 Å². The summed E-state index contributed by atoms with van der Waals surface area (Å²) in [4.78, 5) is 6.35. The number of nitrogens with one attached hydrogen (secondary N) is 2. The molecule has 1 aromatic heterocycles. The Bertz CT molecular complexity index is 749. The third-order valence-corrected chi connectivity index (χ3v) is 7.19. The highest BCUT2D eigenvalue weighted by Gasteiger charge is 2.29. The first-order valence-electron chi connectivity index (χ1n) is 9.03. The molecule has 1 fully saturated rings. The van der Waals surface area contributed by atoms with E-state index in [1.165, 1.54) is 29.9 Å². The van der Waals surface area contributed by atoms with Crippen molar-refractivity contribution in [2.45, 2.75) is 49.6 Å². The first-order chi connectivity index (χ1) is 13.0. The SMILES string of the molecule is CCN(C)[C@H]1CCCC[C@@H]1Nc1cc(F)c([S+]([O-])Nc2nccs2)cc1Cl. The van der Waals surface area contributed by atoms with Crippen LogP contribution in [0.3, 0.4) is 0 Å². The minimum Gasteiger partial charge on any atom is -0.588 e. The molecule has 1 unspecified atom stereocenters. The van der Waals surface area contributed by atoms with Crippen LogP contribution in [0.2, 0.25) is 5.02 Å². The average molecular weight is 431 g/mol. The molecule has 1 aliphatic rings. The van der Waals surface area contributed by atoms with E-state index >= 15 is 0 Å². The molecule has 1 saturated carbocycles. The molecule has 3 rings (SSSR count). The Hall–Kier alpha value is -1.06. The van der Waals surface area contributed by atoms with Crippen LogP contribution in [0.1, 0.15) is 32.6 Å². The van der Waals surface area contributed by atoms with Gasteiger partial charge in [-0.2, -0.15) is 4.72 Å². The maximum absolute atomic E-state index is 14.6. The minimum absolute atomic E-state index is 0.0200. The molecule has 0 amide bonds. The Morgan fingerprint density at radius 2 is 2.19 bits per heavy atom. The fourth-order valence-corrected chi connectivity index (χ4v) is 5.29. The van der Waals surface area contributed by atoms with Crippen molar-refractivity contribution >= 4 is 45.1 Å². The number of hydrogen-bond donors (Lipinski definition) is 2. The van der Waals surface area contributed by atoms with Crippen molar-refractivity contribution in [1.82, 2.24) is 9.88 Å². The number of thiazole rings is 1. The molecule has 0 aliphatic heterocycles. The fraction of sp³-hybridized carbons (Fsp3) is 0.500. The molecule has 5 nitrogen and oxygen atoms in total. The van der Waals surface area contributed by atoms with E-state index in [2.05, 4.69) is 33.9 Å². The van der Waals surface area contributed by atoms with Gasteiger partial charge < -0.3 is 14.8 Å². The summed E-state index contributed by atoms with van der Waals surface area (Å²) in [6.45, 7) is 3.10. The van der Waals surface area contributed by atoms with Gasteiger partial charge in [0.05, 0.1) is 10.7 Å². The van der Waals surface area contributed by atoms with Gasteiger partial charge in [-0.25, -0.2) is 9.37 Å². The zero-order chi connectivity index (χ0) is 19.4. The summed E-state index contributed by atoms with van der Waals surface area (Å²) in [5.74, 6) is -0.555. The van der Waals surface area contributed by atoms with Crippen LogP contribution in [0.15, 0.2) is 28.6 Å². The van der Waals surface area contributed by atoms with Crippen LogP contribution in [0, 0.1) is 5.82 Å². The van der Waals surface area contributed by atoms with E-state index < -0.39 is 17.2 Å². The van der Waals surface area contributed by atoms with E-state index in [1.54, 1.807) is 11.6 Å². The summed E-state index contributed by atoms with van der Waals surface area (Å²) < 4.78 is 29.7. The molecule has 2 N–H and O–H groups in total. The summed E-state index contributed by atoms with van der Waals surface area (Å²) in [6.07, 6.45) is 6.07.